The Kier molecular flexibility index (Phi) is 7.75. The van der Waals surface area contributed by atoms with E-state index in [2.05, 4.69) is 5.32 Å². The SMILES string of the molecule is COC(=O)C1=C(C)NC2=C(C(=O)C[C@@H](c3ccc(OC)c(OC)c3)C2)[C@@H]1c1ccc(OC(C)=O)c(OC)c1. The summed E-state index contributed by atoms with van der Waals surface area (Å²) in [7, 11) is 5.92. The molecule has 2 aromatic carbocycles. The molecular weight excluding hydrogens is 490 g/mol. The van der Waals surface area contributed by atoms with Crippen LogP contribution in [-0.4, -0.2) is 46.2 Å². The number of dihydropyridines is 1. The number of rotatable bonds is 7. The van der Waals surface area contributed by atoms with E-state index in [0.29, 0.717) is 46.1 Å². The van der Waals surface area contributed by atoms with Crippen LogP contribution in [0.3, 0.4) is 0 Å². The minimum atomic E-state index is -0.683. The fourth-order valence-corrected chi connectivity index (χ4v) is 5.20. The Morgan fingerprint density at radius 1 is 0.842 bits per heavy atom. The van der Waals surface area contributed by atoms with Gasteiger partial charge in [0.15, 0.2) is 28.8 Å². The van der Waals surface area contributed by atoms with E-state index in [4.69, 9.17) is 23.7 Å². The second kappa shape index (κ2) is 11.0. The molecule has 2 atom stereocenters. The number of methoxy groups -OCH3 is 4. The van der Waals surface area contributed by atoms with Crippen molar-refractivity contribution in [3.63, 3.8) is 0 Å². The lowest BCUT2D eigenvalue weighted by Crippen LogP contribution is -2.36. The van der Waals surface area contributed by atoms with Gasteiger partial charge in [-0.2, -0.15) is 0 Å². The molecule has 0 aromatic heterocycles. The molecule has 1 aliphatic carbocycles. The lowest BCUT2D eigenvalue weighted by molar-refractivity contribution is -0.136. The lowest BCUT2D eigenvalue weighted by atomic mass is 9.71. The summed E-state index contributed by atoms with van der Waals surface area (Å²) in [5.74, 6) is -0.122. The standard InChI is InChI=1S/C29H31NO8/c1-15-26(29(33)37-6)27(18-8-10-23(38-16(2)31)25(14-18)36-5)28-20(30-15)11-19(12-21(28)32)17-7-9-22(34-3)24(13-17)35-4/h7-10,13-14,19,27,30H,11-12H2,1-6H3/t19-,27+/m0/s1. The van der Waals surface area contributed by atoms with Crippen LogP contribution in [0.1, 0.15) is 49.7 Å². The second-order valence-electron chi connectivity index (χ2n) is 9.13. The quantitative estimate of drug-likeness (QED) is 0.424. The highest BCUT2D eigenvalue weighted by molar-refractivity contribution is 6.04. The van der Waals surface area contributed by atoms with Gasteiger partial charge in [0, 0.05) is 36.2 Å². The van der Waals surface area contributed by atoms with E-state index < -0.39 is 17.9 Å². The number of ketones is 1. The van der Waals surface area contributed by atoms with Gasteiger partial charge in [0.1, 0.15) is 0 Å². The number of nitrogens with one attached hydrogen (secondary N) is 1. The molecule has 2 aliphatic rings. The molecular formula is C29H31NO8. The maximum absolute atomic E-state index is 13.8. The van der Waals surface area contributed by atoms with Crippen LogP contribution in [0, 0.1) is 0 Å². The molecule has 1 heterocycles. The van der Waals surface area contributed by atoms with Gasteiger partial charge in [-0.25, -0.2) is 4.79 Å². The predicted octanol–water partition coefficient (Wildman–Crippen LogP) is 4.17. The molecule has 0 bridgehead atoms. The maximum Gasteiger partial charge on any atom is 0.336 e. The minimum absolute atomic E-state index is 0.0829. The average Bonchev–Trinajstić information content (AvgIpc) is 2.91. The highest BCUT2D eigenvalue weighted by Crippen LogP contribution is 2.47. The first kappa shape index (κ1) is 26.8. The Labute approximate surface area is 221 Å². The van der Waals surface area contributed by atoms with Crippen molar-refractivity contribution >= 4 is 17.7 Å². The molecule has 0 unspecified atom stereocenters. The van der Waals surface area contributed by atoms with E-state index >= 15 is 0 Å². The summed E-state index contributed by atoms with van der Waals surface area (Å²) in [6.07, 6.45) is 0.810. The number of benzene rings is 2. The largest absolute Gasteiger partial charge is 0.493 e. The molecule has 0 saturated heterocycles. The molecule has 0 fully saturated rings. The summed E-state index contributed by atoms with van der Waals surface area (Å²) in [5.41, 5.74) is 3.79. The number of Topliss-reactive ketones (excluding diaryl/α,β-unsaturated/α-hetero) is 1. The first-order valence-electron chi connectivity index (χ1n) is 12.1. The number of hydrogen-bond acceptors (Lipinski definition) is 9. The van der Waals surface area contributed by atoms with Crippen molar-refractivity contribution in [2.24, 2.45) is 0 Å². The van der Waals surface area contributed by atoms with Crippen LogP contribution in [0.2, 0.25) is 0 Å². The Hall–Kier alpha value is -4.27. The molecule has 1 aliphatic heterocycles. The molecule has 1 N–H and O–H groups in total. The normalized spacial score (nSPS) is 18.8. The Balaban J connectivity index is 1.80. The topological polar surface area (TPSA) is 109 Å². The van der Waals surface area contributed by atoms with Crippen molar-refractivity contribution in [1.82, 2.24) is 5.32 Å². The van der Waals surface area contributed by atoms with Gasteiger partial charge in [-0.05, 0) is 54.7 Å². The van der Waals surface area contributed by atoms with E-state index in [1.807, 2.05) is 18.2 Å². The van der Waals surface area contributed by atoms with E-state index in [1.165, 1.54) is 21.1 Å². The number of carbonyl (C=O) groups is 3. The zero-order valence-electron chi connectivity index (χ0n) is 22.3. The van der Waals surface area contributed by atoms with Crippen LogP contribution in [0.25, 0.3) is 0 Å². The van der Waals surface area contributed by atoms with Crippen molar-refractivity contribution in [2.45, 2.75) is 38.5 Å². The fraction of sp³-hybridized carbons (Fsp3) is 0.345. The lowest BCUT2D eigenvalue weighted by Gasteiger charge is -2.36. The Bertz CT molecular complexity index is 1360. The van der Waals surface area contributed by atoms with Gasteiger partial charge < -0.3 is 29.0 Å². The molecule has 200 valence electrons. The average molecular weight is 522 g/mol. The molecule has 38 heavy (non-hydrogen) atoms. The third kappa shape index (κ3) is 4.96. The third-order valence-corrected chi connectivity index (χ3v) is 6.89. The first-order valence-corrected chi connectivity index (χ1v) is 12.1. The van der Waals surface area contributed by atoms with Gasteiger partial charge in [-0.3, -0.25) is 9.59 Å². The van der Waals surface area contributed by atoms with Gasteiger partial charge >= 0.3 is 11.9 Å². The highest BCUT2D eigenvalue weighted by atomic mass is 16.6. The molecule has 0 spiro atoms. The molecule has 4 rings (SSSR count). The van der Waals surface area contributed by atoms with Gasteiger partial charge in [0.2, 0.25) is 0 Å². The maximum atomic E-state index is 13.8. The summed E-state index contributed by atoms with van der Waals surface area (Å²) >= 11 is 0. The molecule has 0 saturated carbocycles. The van der Waals surface area contributed by atoms with Crippen molar-refractivity contribution in [3.8, 4) is 23.0 Å². The van der Waals surface area contributed by atoms with Crippen LogP contribution in [0.4, 0.5) is 0 Å². The van der Waals surface area contributed by atoms with Gasteiger partial charge in [-0.1, -0.05) is 12.1 Å². The predicted molar refractivity (Wildman–Crippen MR) is 138 cm³/mol. The molecule has 2 aromatic rings. The van der Waals surface area contributed by atoms with Crippen LogP contribution in [0.5, 0.6) is 23.0 Å². The summed E-state index contributed by atoms with van der Waals surface area (Å²) in [6.45, 7) is 3.09. The van der Waals surface area contributed by atoms with Crippen molar-refractivity contribution in [1.29, 1.82) is 0 Å². The van der Waals surface area contributed by atoms with Crippen molar-refractivity contribution in [2.75, 3.05) is 28.4 Å². The second-order valence-corrected chi connectivity index (χ2v) is 9.13. The van der Waals surface area contributed by atoms with E-state index in [0.717, 1.165) is 11.3 Å². The van der Waals surface area contributed by atoms with Crippen LogP contribution in [-0.2, 0) is 19.1 Å². The number of allylic oxidation sites excluding steroid dienone is 3. The monoisotopic (exact) mass is 521 g/mol. The minimum Gasteiger partial charge on any atom is -0.493 e. The zero-order valence-corrected chi connectivity index (χ0v) is 22.3. The van der Waals surface area contributed by atoms with Crippen LogP contribution in [0.15, 0.2) is 58.9 Å². The van der Waals surface area contributed by atoms with Gasteiger partial charge in [-0.15, -0.1) is 0 Å². The van der Waals surface area contributed by atoms with E-state index in [9.17, 15) is 14.4 Å². The van der Waals surface area contributed by atoms with Crippen LogP contribution >= 0.6 is 0 Å². The zero-order chi connectivity index (χ0) is 27.6. The molecule has 9 heteroatoms. The third-order valence-electron chi connectivity index (χ3n) is 6.89. The Morgan fingerprint density at radius 2 is 1.45 bits per heavy atom. The van der Waals surface area contributed by atoms with Crippen molar-refractivity contribution in [3.05, 3.63) is 70.1 Å². The van der Waals surface area contributed by atoms with Gasteiger partial charge in [0.25, 0.3) is 0 Å². The fourth-order valence-electron chi connectivity index (χ4n) is 5.20. The van der Waals surface area contributed by atoms with E-state index in [1.54, 1.807) is 39.3 Å². The number of ether oxygens (including phenoxy) is 5. The van der Waals surface area contributed by atoms with Crippen molar-refractivity contribution < 1.29 is 38.1 Å². The number of hydrogen-bond donors (Lipinski definition) is 1. The summed E-state index contributed by atoms with van der Waals surface area (Å²) in [6, 6.07) is 10.7. The molecule has 0 radical (unpaired) electrons. The summed E-state index contributed by atoms with van der Waals surface area (Å²) in [5, 5.41) is 3.31. The summed E-state index contributed by atoms with van der Waals surface area (Å²) < 4.78 is 26.6. The molecule has 9 nitrogen and oxygen atoms in total. The van der Waals surface area contributed by atoms with E-state index in [-0.39, 0.29) is 23.9 Å². The summed E-state index contributed by atoms with van der Waals surface area (Å²) in [4.78, 5) is 38.2. The number of carbonyl (C=O) groups excluding carboxylic acids is 3. The highest BCUT2D eigenvalue weighted by Gasteiger charge is 2.41. The van der Waals surface area contributed by atoms with Gasteiger partial charge in [0.05, 0.1) is 34.0 Å². The Morgan fingerprint density at radius 3 is 2.08 bits per heavy atom. The van der Waals surface area contributed by atoms with Crippen LogP contribution < -0.4 is 24.3 Å². The molecule has 0 amide bonds. The number of esters is 2. The first-order chi connectivity index (χ1) is 18.2. The smallest absolute Gasteiger partial charge is 0.336 e.